The second kappa shape index (κ2) is 8.45. The highest BCUT2D eigenvalue weighted by Gasteiger charge is 2.47. The molecule has 0 spiro atoms. The van der Waals surface area contributed by atoms with Crippen LogP contribution >= 0.6 is 22.9 Å². The molecule has 1 aromatic heterocycles. The largest absolute Gasteiger partial charge is 0.507 e. The summed E-state index contributed by atoms with van der Waals surface area (Å²) < 4.78 is 10.6. The second-order valence-electron chi connectivity index (χ2n) is 6.73. The standard InChI is InChI=1S/C23H18ClNO5S/c1-29-15-8-9-16(17(12-15)30-2)21(26)19-20(18-7-4-10-31-18)25(23(28)22(19)27)14-6-3-5-13(24)11-14/h3-12,20,26H,1-2H3/b21-19-. The van der Waals surface area contributed by atoms with E-state index in [0.29, 0.717) is 22.2 Å². The van der Waals surface area contributed by atoms with E-state index in [-0.39, 0.29) is 16.9 Å². The lowest BCUT2D eigenvalue weighted by Crippen LogP contribution is -2.29. The van der Waals surface area contributed by atoms with Gasteiger partial charge in [-0.3, -0.25) is 14.5 Å². The lowest BCUT2D eigenvalue weighted by Gasteiger charge is -2.24. The number of rotatable bonds is 5. The topological polar surface area (TPSA) is 76.1 Å². The average Bonchev–Trinajstić information content (AvgIpc) is 3.40. The Morgan fingerprint density at radius 1 is 1.06 bits per heavy atom. The molecule has 8 heteroatoms. The molecule has 1 atom stereocenters. The number of carbonyl (C=O) groups is 2. The van der Waals surface area contributed by atoms with E-state index in [1.807, 2.05) is 17.5 Å². The predicted molar refractivity (Wildman–Crippen MR) is 120 cm³/mol. The normalized spacial score (nSPS) is 17.8. The van der Waals surface area contributed by atoms with Gasteiger partial charge in [-0.1, -0.05) is 23.7 Å². The van der Waals surface area contributed by atoms with E-state index >= 15 is 0 Å². The number of anilines is 1. The maximum absolute atomic E-state index is 13.1. The van der Waals surface area contributed by atoms with Crippen molar-refractivity contribution < 1.29 is 24.2 Å². The number of carbonyl (C=O) groups excluding carboxylic acids is 2. The molecule has 2 aromatic carbocycles. The van der Waals surface area contributed by atoms with Crippen LogP contribution < -0.4 is 14.4 Å². The number of aliphatic hydroxyl groups is 1. The highest BCUT2D eigenvalue weighted by Crippen LogP contribution is 2.45. The highest BCUT2D eigenvalue weighted by molar-refractivity contribution is 7.10. The van der Waals surface area contributed by atoms with Crippen LogP contribution in [0.1, 0.15) is 16.5 Å². The van der Waals surface area contributed by atoms with Gasteiger partial charge in [-0.15, -0.1) is 11.3 Å². The van der Waals surface area contributed by atoms with Crippen LogP contribution in [0.5, 0.6) is 11.5 Å². The van der Waals surface area contributed by atoms with Gasteiger partial charge < -0.3 is 14.6 Å². The van der Waals surface area contributed by atoms with Crippen molar-refractivity contribution in [1.82, 2.24) is 0 Å². The molecule has 1 saturated heterocycles. The zero-order chi connectivity index (χ0) is 22.1. The van der Waals surface area contributed by atoms with Crippen molar-refractivity contribution >= 4 is 46.1 Å². The molecule has 1 amide bonds. The maximum Gasteiger partial charge on any atom is 0.300 e. The lowest BCUT2D eigenvalue weighted by atomic mass is 9.99. The van der Waals surface area contributed by atoms with Crippen LogP contribution in [0.15, 0.2) is 65.6 Å². The number of ketones is 1. The molecule has 0 radical (unpaired) electrons. The number of benzene rings is 2. The molecule has 158 valence electrons. The summed E-state index contributed by atoms with van der Waals surface area (Å²) in [5.41, 5.74) is 0.735. The molecule has 31 heavy (non-hydrogen) atoms. The first kappa shape index (κ1) is 21.0. The van der Waals surface area contributed by atoms with Gasteiger partial charge in [0, 0.05) is 21.7 Å². The second-order valence-corrected chi connectivity index (χ2v) is 8.15. The number of hydrogen-bond acceptors (Lipinski definition) is 6. The van der Waals surface area contributed by atoms with Crippen LogP contribution in [0.25, 0.3) is 5.76 Å². The minimum atomic E-state index is -0.801. The summed E-state index contributed by atoms with van der Waals surface area (Å²) in [6.07, 6.45) is 0. The first-order valence-corrected chi connectivity index (χ1v) is 10.5. The maximum atomic E-state index is 13.1. The minimum absolute atomic E-state index is 0.0177. The Hall–Kier alpha value is -3.29. The van der Waals surface area contributed by atoms with E-state index in [2.05, 4.69) is 0 Å². The Bertz CT molecular complexity index is 1190. The van der Waals surface area contributed by atoms with Gasteiger partial charge in [0.2, 0.25) is 0 Å². The molecule has 6 nitrogen and oxygen atoms in total. The average molecular weight is 456 g/mol. The molecule has 1 aliphatic rings. The Morgan fingerprint density at radius 3 is 2.52 bits per heavy atom. The number of amides is 1. The van der Waals surface area contributed by atoms with E-state index in [0.717, 1.165) is 4.88 Å². The van der Waals surface area contributed by atoms with Gasteiger partial charge in [0.25, 0.3) is 11.7 Å². The molecule has 1 N–H and O–H groups in total. The Kier molecular flexibility index (Phi) is 5.71. The predicted octanol–water partition coefficient (Wildman–Crippen LogP) is 5.05. The van der Waals surface area contributed by atoms with Gasteiger partial charge in [-0.25, -0.2) is 0 Å². The number of hydrogen-bond donors (Lipinski definition) is 1. The van der Waals surface area contributed by atoms with Crippen LogP contribution in [-0.2, 0) is 9.59 Å². The van der Waals surface area contributed by atoms with Crippen molar-refractivity contribution in [3.8, 4) is 11.5 Å². The summed E-state index contributed by atoms with van der Waals surface area (Å²) in [6.45, 7) is 0. The first-order valence-electron chi connectivity index (χ1n) is 9.28. The number of nitrogens with zero attached hydrogens (tertiary/aromatic N) is 1. The molecule has 1 fully saturated rings. The van der Waals surface area contributed by atoms with Crippen molar-refractivity contribution in [2.75, 3.05) is 19.1 Å². The van der Waals surface area contributed by atoms with Gasteiger partial charge in [-0.2, -0.15) is 0 Å². The van der Waals surface area contributed by atoms with Crippen LogP contribution in [0.2, 0.25) is 5.02 Å². The molecule has 2 heterocycles. The fourth-order valence-corrected chi connectivity index (χ4v) is 4.59. The van der Waals surface area contributed by atoms with Crippen LogP contribution in [0.4, 0.5) is 5.69 Å². The first-order chi connectivity index (χ1) is 15.0. The Morgan fingerprint density at radius 2 is 1.87 bits per heavy atom. The smallest absolute Gasteiger partial charge is 0.300 e. The van der Waals surface area contributed by atoms with Gasteiger partial charge in [-0.05, 0) is 41.8 Å². The molecule has 0 saturated carbocycles. The fourth-order valence-electron chi connectivity index (χ4n) is 3.58. The highest BCUT2D eigenvalue weighted by atomic mass is 35.5. The van der Waals surface area contributed by atoms with Gasteiger partial charge in [0.15, 0.2) is 0 Å². The number of thiophene rings is 1. The Labute approximate surface area is 187 Å². The number of Topliss-reactive ketones (excluding diaryl/α,β-unsaturated/α-hetero) is 1. The van der Waals surface area contributed by atoms with E-state index < -0.39 is 17.7 Å². The summed E-state index contributed by atoms with van der Waals surface area (Å²) in [6, 6.07) is 14.4. The van der Waals surface area contributed by atoms with Crippen LogP contribution in [-0.4, -0.2) is 31.0 Å². The summed E-state index contributed by atoms with van der Waals surface area (Å²) >= 11 is 7.52. The molecular weight excluding hydrogens is 438 g/mol. The monoisotopic (exact) mass is 455 g/mol. The van der Waals surface area contributed by atoms with E-state index in [1.54, 1.807) is 42.5 Å². The Balaban J connectivity index is 1.94. The summed E-state index contributed by atoms with van der Waals surface area (Å²) in [4.78, 5) is 28.3. The van der Waals surface area contributed by atoms with E-state index in [4.69, 9.17) is 21.1 Å². The molecular formula is C23H18ClNO5S. The van der Waals surface area contributed by atoms with Gasteiger partial charge >= 0.3 is 0 Å². The van der Waals surface area contributed by atoms with Gasteiger partial charge in [0.1, 0.15) is 23.3 Å². The fraction of sp³-hybridized carbons (Fsp3) is 0.130. The summed E-state index contributed by atoms with van der Waals surface area (Å²) in [5, 5.41) is 13.5. The third-order valence-corrected chi connectivity index (χ3v) is 6.17. The van der Waals surface area contributed by atoms with E-state index in [1.165, 1.54) is 30.5 Å². The van der Waals surface area contributed by atoms with Crippen LogP contribution in [0, 0.1) is 0 Å². The molecule has 0 bridgehead atoms. The third-order valence-electron chi connectivity index (χ3n) is 5.01. The lowest BCUT2D eigenvalue weighted by molar-refractivity contribution is -0.132. The van der Waals surface area contributed by atoms with Crippen molar-refractivity contribution in [2.24, 2.45) is 0 Å². The SMILES string of the molecule is COc1ccc(/C(O)=C2/C(=O)C(=O)N(c3cccc(Cl)c3)C2c2cccs2)c(OC)c1. The number of halogens is 1. The summed E-state index contributed by atoms with van der Waals surface area (Å²) in [7, 11) is 2.97. The zero-order valence-corrected chi connectivity index (χ0v) is 18.2. The van der Waals surface area contributed by atoms with Crippen molar-refractivity contribution in [1.29, 1.82) is 0 Å². The van der Waals surface area contributed by atoms with Crippen LogP contribution in [0.3, 0.4) is 0 Å². The van der Waals surface area contributed by atoms with Gasteiger partial charge in [0.05, 0.1) is 25.4 Å². The molecule has 4 rings (SSSR count). The quantitative estimate of drug-likeness (QED) is 0.331. The molecule has 1 unspecified atom stereocenters. The summed E-state index contributed by atoms with van der Waals surface area (Å²) in [5.74, 6) is -0.998. The molecule has 3 aromatic rings. The molecule has 1 aliphatic heterocycles. The third kappa shape index (κ3) is 3.66. The number of aliphatic hydroxyl groups excluding tert-OH is 1. The number of methoxy groups -OCH3 is 2. The van der Waals surface area contributed by atoms with E-state index in [9.17, 15) is 14.7 Å². The minimum Gasteiger partial charge on any atom is -0.507 e. The zero-order valence-electron chi connectivity index (χ0n) is 16.7. The van der Waals surface area contributed by atoms with Crippen molar-refractivity contribution in [3.05, 3.63) is 81.0 Å². The number of ether oxygens (including phenoxy) is 2. The molecule has 0 aliphatic carbocycles. The van der Waals surface area contributed by atoms with Crippen molar-refractivity contribution in [3.63, 3.8) is 0 Å². The van der Waals surface area contributed by atoms with Crippen molar-refractivity contribution in [2.45, 2.75) is 6.04 Å².